The molecule has 0 N–H and O–H groups in total. The van der Waals surface area contributed by atoms with Crippen LogP contribution in [0.4, 0.5) is 0 Å². The molecule has 0 saturated carbocycles. The maximum absolute atomic E-state index is 2.42. The summed E-state index contributed by atoms with van der Waals surface area (Å²) in [6.07, 6.45) is 7.68. The number of rotatable bonds is 3. The van der Waals surface area contributed by atoms with Gasteiger partial charge >= 0.3 is 84.5 Å². The van der Waals surface area contributed by atoms with Gasteiger partial charge in [-0.15, -0.1) is 24.8 Å². The second kappa shape index (κ2) is 8.26. The van der Waals surface area contributed by atoms with Crippen molar-refractivity contribution in [3.8, 4) is 0 Å². The zero-order valence-corrected chi connectivity index (χ0v) is 13.4. The zero-order chi connectivity index (χ0) is 8.27. The molecule has 0 aromatic carbocycles. The van der Waals surface area contributed by atoms with Gasteiger partial charge in [-0.2, -0.15) is 0 Å². The molecule has 1 aliphatic carbocycles. The summed E-state index contributed by atoms with van der Waals surface area (Å²) >= 11 is 1.26. The SMILES string of the molecule is CCCCC1=CC[C]([Hf])=C1C.Cl.Cl. The molecule has 0 aliphatic heterocycles. The van der Waals surface area contributed by atoms with E-state index in [1.807, 2.05) is 0 Å². The molecule has 0 amide bonds. The van der Waals surface area contributed by atoms with E-state index in [4.69, 9.17) is 0 Å². The normalized spacial score (nSPS) is 14.7. The fourth-order valence-corrected chi connectivity index (χ4v) is 2.33. The minimum absolute atomic E-state index is 0. The van der Waals surface area contributed by atoms with Gasteiger partial charge in [0.2, 0.25) is 0 Å². The van der Waals surface area contributed by atoms with Crippen LogP contribution in [0.5, 0.6) is 0 Å². The Bertz CT molecular complexity index is 207. The Morgan fingerprint density at radius 3 is 2.38 bits per heavy atom. The van der Waals surface area contributed by atoms with Crippen LogP contribution in [0.3, 0.4) is 0 Å². The van der Waals surface area contributed by atoms with Crippen molar-refractivity contribution in [3.63, 3.8) is 0 Å². The van der Waals surface area contributed by atoms with Crippen LogP contribution in [0.2, 0.25) is 0 Å². The molecule has 0 atom stereocenters. The van der Waals surface area contributed by atoms with Crippen LogP contribution in [-0.4, -0.2) is 0 Å². The molecule has 0 unspecified atom stereocenters. The van der Waals surface area contributed by atoms with Gasteiger partial charge in [-0.3, -0.25) is 0 Å². The summed E-state index contributed by atoms with van der Waals surface area (Å²) in [5, 5.41) is 0. The minimum atomic E-state index is 0. The first kappa shape index (κ1) is 16.4. The maximum Gasteiger partial charge on any atom is -0.147 e. The van der Waals surface area contributed by atoms with E-state index in [0.717, 1.165) is 0 Å². The van der Waals surface area contributed by atoms with Crippen molar-refractivity contribution < 1.29 is 24.4 Å². The fourth-order valence-electron chi connectivity index (χ4n) is 1.38. The van der Waals surface area contributed by atoms with Crippen molar-refractivity contribution in [3.05, 3.63) is 20.6 Å². The fraction of sp³-hybridized carbons (Fsp3) is 0.600. The molecule has 75 valence electrons. The number of halogens is 2. The Balaban J connectivity index is 0. The molecule has 0 bridgehead atoms. The molecule has 1 aliphatic rings. The molecular formula is C10H17Cl2Hf. The second-order valence-electron chi connectivity index (χ2n) is 3.14. The van der Waals surface area contributed by atoms with Gasteiger partial charge in [0.15, 0.2) is 0 Å². The topological polar surface area (TPSA) is 0 Å². The number of hydrogen-bond acceptors (Lipinski definition) is 0. The van der Waals surface area contributed by atoms with Crippen molar-refractivity contribution in [2.24, 2.45) is 0 Å². The molecule has 3 heteroatoms. The van der Waals surface area contributed by atoms with Crippen molar-refractivity contribution in [2.45, 2.75) is 39.5 Å². The van der Waals surface area contributed by atoms with Crippen LogP contribution >= 0.6 is 24.8 Å². The molecule has 1 rings (SSSR count). The number of unbranched alkanes of at least 4 members (excludes halogenated alkanes) is 1. The van der Waals surface area contributed by atoms with E-state index < -0.39 is 0 Å². The molecule has 0 radical (unpaired) electrons. The number of allylic oxidation sites excluding steroid dienone is 4. The Labute approximate surface area is 109 Å². The smallest absolute Gasteiger partial charge is 0.147 e. The van der Waals surface area contributed by atoms with Gasteiger partial charge in [0.1, 0.15) is 0 Å². The maximum atomic E-state index is 2.42. The van der Waals surface area contributed by atoms with Crippen molar-refractivity contribution in [1.82, 2.24) is 0 Å². The molecular weight excluding hydrogens is 370 g/mol. The first-order valence-corrected chi connectivity index (χ1v) is 6.16. The quantitative estimate of drug-likeness (QED) is 0.639. The van der Waals surface area contributed by atoms with Crippen LogP contribution in [0.25, 0.3) is 0 Å². The van der Waals surface area contributed by atoms with Crippen LogP contribution in [0, 0.1) is 0 Å². The third kappa shape index (κ3) is 4.80. The van der Waals surface area contributed by atoms with E-state index in [-0.39, 0.29) is 24.8 Å². The van der Waals surface area contributed by atoms with Gasteiger partial charge in [-0.1, -0.05) is 0 Å². The summed E-state index contributed by atoms with van der Waals surface area (Å²) in [7, 11) is 0. The largest absolute Gasteiger partial charge is 0.147 e. The first-order chi connectivity index (χ1) is 5.25. The number of hydrogen-bond donors (Lipinski definition) is 0. The van der Waals surface area contributed by atoms with E-state index in [2.05, 4.69) is 19.9 Å². The predicted octanol–water partition coefficient (Wildman–Crippen LogP) is 4.17. The summed E-state index contributed by atoms with van der Waals surface area (Å²) < 4.78 is 1.70. The first-order valence-electron chi connectivity index (χ1n) is 4.36. The summed E-state index contributed by atoms with van der Waals surface area (Å²) in [5.41, 5.74) is 3.25. The van der Waals surface area contributed by atoms with Gasteiger partial charge in [0.05, 0.1) is 0 Å². The average Bonchev–Trinajstić information content (AvgIpc) is 2.31. The third-order valence-corrected chi connectivity index (χ3v) is 4.37. The van der Waals surface area contributed by atoms with Gasteiger partial charge < -0.3 is 0 Å². The van der Waals surface area contributed by atoms with E-state index in [9.17, 15) is 0 Å². The van der Waals surface area contributed by atoms with E-state index in [1.165, 1.54) is 50.1 Å². The zero-order valence-electron chi connectivity index (χ0n) is 8.22. The van der Waals surface area contributed by atoms with Gasteiger partial charge in [0, 0.05) is 0 Å². The monoisotopic (exact) mass is 387 g/mol. The van der Waals surface area contributed by atoms with Gasteiger partial charge in [-0.05, 0) is 0 Å². The van der Waals surface area contributed by atoms with Crippen LogP contribution in [0.15, 0.2) is 20.6 Å². The van der Waals surface area contributed by atoms with Crippen molar-refractivity contribution in [2.75, 3.05) is 0 Å². The summed E-state index contributed by atoms with van der Waals surface area (Å²) in [4.78, 5) is 0. The Morgan fingerprint density at radius 2 is 2.00 bits per heavy atom. The minimum Gasteiger partial charge on any atom is -0.147 e. The molecule has 0 fully saturated rings. The molecule has 0 heterocycles. The molecule has 0 nitrogen and oxygen atoms in total. The predicted molar refractivity (Wildman–Crippen MR) is 59.4 cm³/mol. The molecule has 0 aromatic heterocycles. The second-order valence-corrected chi connectivity index (χ2v) is 5.31. The van der Waals surface area contributed by atoms with Crippen molar-refractivity contribution >= 4 is 24.8 Å². The van der Waals surface area contributed by atoms with Crippen LogP contribution in [-0.2, 0) is 24.4 Å². The Kier molecular flexibility index (Phi) is 10.4. The van der Waals surface area contributed by atoms with Crippen LogP contribution in [0.1, 0.15) is 39.5 Å². The molecule has 0 saturated heterocycles. The molecule has 0 aromatic rings. The summed E-state index contributed by atoms with van der Waals surface area (Å²) in [6, 6.07) is 0. The summed E-state index contributed by atoms with van der Waals surface area (Å²) in [6.45, 7) is 4.55. The van der Waals surface area contributed by atoms with E-state index >= 15 is 0 Å². The standard InChI is InChI=1S/C10H15.2ClH.Hf/c1-3-4-7-10-8-5-6-9(10)2;;;/h8H,3-5,7H2,1-2H3;2*1H;. The van der Waals surface area contributed by atoms with E-state index in [0.29, 0.717) is 0 Å². The van der Waals surface area contributed by atoms with Crippen molar-refractivity contribution in [1.29, 1.82) is 0 Å². The Morgan fingerprint density at radius 1 is 1.38 bits per heavy atom. The molecule has 13 heavy (non-hydrogen) atoms. The summed E-state index contributed by atoms with van der Waals surface area (Å²) in [5.74, 6) is 0. The average molecular weight is 387 g/mol. The van der Waals surface area contributed by atoms with Gasteiger partial charge in [0.25, 0.3) is 0 Å². The Hall–Kier alpha value is 0.930. The van der Waals surface area contributed by atoms with E-state index in [1.54, 1.807) is 14.5 Å². The van der Waals surface area contributed by atoms with Gasteiger partial charge in [-0.25, -0.2) is 0 Å². The third-order valence-electron chi connectivity index (χ3n) is 2.29. The molecule has 0 spiro atoms. The van der Waals surface area contributed by atoms with Crippen LogP contribution < -0.4 is 0 Å².